The molecule has 4 nitrogen and oxygen atoms in total. The van der Waals surface area contributed by atoms with Gasteiger partial charge in [0.25, 0.3) is 5.91 Å². The number of rotatable bonds is 4. The molecule has 0 aromatic heterocycles. The third kappa shape index (κ3) is 4.29. The highest BCUT2D eigenvalue weighted by Crippen LogP contribution is 2.21. The topological polar surface area (TPSA) is 43.8 Å². The summed E-state index contributed by atoms with van der Waals surface area (Å²) in [7, 11) is 3.54. The molecular weight excluding hydrogens is 264 g/mol. The van der Waals surface area contributed by atoms with E-state index in [0.29, 0.717) is 5.92 Å². The number of benzene rings is 1. The summed E-state index contributed by atoms with van der Waals surface area (Å²) in [6.45, 7) is 4.72. The van der Waals surface area contributed by atoms with Crippen LogP contribution in [-0.4, -0.2) is 54.1 Å². The quantitative estimate of drug-likeness (QED) is 0.922. The van der Waals surface area contributed by atoms with Gasteiger partial charge in [0.05, 0.1) is 6.10 Å². The molecule has 1 heterocycles. The first kappa shape index (κ1) is 16.0. The molecule has 1 fully saturated rings. The Kier molecular flexibility index (Phi) is 5.37. The molecule has 1 saturated heterocycles. The second-order valence-corrected chi connectivity index (χ2v) is 6.28. The van der Waals surface area contributed by atoms with Gasteiger partial charge in [0.1, 0.15) is 0 Å². The molecule has 0 spiro atoms. The molecule has 1 aromatic carbocycles. The molecule has 1 aromatic rings. The third-order valence-corrected chi connectivity index (χ3v) is 4.21. The molecule has 21 heavy (non-hydrogen) atoms. The minimum Gasteiger partial charge on any atom is -0.393 e. The van der Waals surface area contributed by atoms with Crippen molar-refractivity contribution in [3.8, 4) is 0 Å². The highest BCUT2D eigenvalue weighted by molar-refractivity contribution is 5.94. The van der Waals surface area contributed by atoms with Gasteiger partial charge in [-0.15, -0.1) is 0 Å². The molecular formula is C17H26N2O2. The number of carbonyl (C=O) groups is 1. The van der Waals surface area contributed by atoms with Crippen LogP contribution in [0, 0.1) is 5.92 Å². The molecule has 1 aliphatic heterocycles. The molecule has 2 atom stereocenters. The lowest BCUT2D eigenvalue weighted by molar-refractivity contribution is 0.0599. The smallest absolute Gasteiger partial charge is 0.253 e. The molecule has 1 amide bonds. The number of nitrogens with zero attached hydrogens (tertiary/aromatic N) is 2. The Balaban J connectivity index is 2.02. The molecule has 0 saturated carbocycles. The van der Waals surface area contributed by atoms with E-state index in [2.05, 4.69) is 11.0 Å². The van der Waals surface area contributed by atoms with Crippen molar-refractivity contribution in [1.29, 1.82) is 0 Å². The third-order valence-electron chi connectivity index (χ3n) is 4.21. The number of aliphatic hydroxyl groups excluding tert-OH is 1. The summed E-state index contributed by atoms with van der Waals surface area (Å²) in [5.41, 5.74) is 1.90. The van der Waals surface area contributed by atoms with E-state index in [-0.39, 0.29) is 12.0 Å². The zero-order valence-corrected chi connectivity index (χ0v) is 13.2. The lowest BCUT2D eigenvalue weighted by Gasteiger charge is -2.34. The molecule has 1 aliphatic rings. The van der Waals surface area contributed by atoms with Crippen molar-refractivity contribution in [1.82, 2.24) is 9.80 Å². The van der Waals surface area contributed by atoms with E-state index in [1.165, 1.54) is 0 Å². The van der Waals surface area contributed by atoms with Gasteiger partial charge < -0.3 is 10.0 Å². The van der Waals surface area contributed by atoms with Crippen LogP contribution in [0.2, 0.25) is 0 Å². The van der Waals surface area contributed by atoms with Gasteiger partial charge >= 0.3 is 0 Å². The van der Waals surface area contributed by atoms with Crippen molar-refractivity contribution in [3.05, 3.63) is 35.4 Å². The summed E-state index contributed by atoms with van der Waals surface area (Å²) in [5, 5.41) is 9.76. The molecule has 116 valence electrons. The summed E-state index contributed by atoms with van der Waals surface area (Å²) in [6, 6.07) is 7.86. The Morgan fingerprint density at radius 2 is 2.24 bits per heavy atom. The highest BCUT2D eigenvalue weighted by Gasteiger charge is 2.23. The van der Waals surface area contributed by atoms with Crippen LogP contribution in [0.15, 0.2) is 24.3 Å². The first-order valence-electron chi connectivity index (χ1n) is 7.68. The first-order valence-corrected chi connectivity index (χ1v) is 7.68. The lowest BCUT2D eigenvalue weighted by Crippen LogP contribution is -2.39. The molecule has 2 rings (SSSR count). The molecule has 0 bridgehead atoms. The summed E-state index contributed by atoms with van der Waals surface area (Å²) in [5.74, 6) is 0.405. The van der Waals surface area contributed by atoms with Gasteiger partial charge in [-0.2, -0.15) is 0 Å². The molecule has 4 heteroatoms. The summed E-state index contributed by atoms with van der Waals surface area (Å²) in [4.78, 5) is 16.0. The van der Waals surface area contributed by atoms with E-state index in [4.69, 9.17) is 0 Å². The Hall–Kier alpha value is -1.39. The van der Waals surface area contributed by atoms with Crippen molar-refractivity contribution in [2.24, 2.45) is 5.92 Å². The number of piperidine rings is 1. The minimum atomic E-state index is -0.241. The minimum absolute atomic E-state index is 0.0392. The Morgan fingerprint density at radius 3 is 2.90 bits per heavy atom. The number of amides is 1. The van der Waals surface area contributed by atoms with Crippen LogP contribution in [0.4, 0.5) is 0 Å². The van der Waals surface area contributed by atoms with Crippen molar-refractivity contribution >= 4 is 5.91 Å². The highest BCUT2D eigenvalue weighted by atomic mass is 16.3. The molecule has 0 radical (unpaired) electrons. The van der Waals surface area contributed by atoms with Crippen LogP contribution < -0.4 is 0 Å². The summed E-state index contributed by atoms with van der Waals surface area (Å²) in [6.07, 6.45) is 1.99. The number of hydrogen-bond acceptors (Lipinski definition) is 3. The van der Waals surface area contributed by atoms with Gasteiger partial charge in [-0.05, 0) is 49.9 Å². The van der Waals surface area contributed by atoms with Crippen LogP contribution in [0.25, 0.3) is 0 Å². The summed E-state index contributed by atoms with van der Waals surface area (Å²) < 4.78 is 0. The average Bonchev–Trinajstić information content (AvgIpc) is 2.47. The van der Waals surface area contributed by atoms with Gasteiger partial charge in [-0.3, -0.25) is 9.69 Å². The zero-order chi connectivity index (χ0) is 15.4. The SMILES string of the molecule is CC(O)C1CCCN(Cc2cccc(C(=O)N(C)C)c2)C1. The van der Waals surface area contributed by atoms with Gasteiger partial charge in [0, 0.05) is 32.7 Å². The van der Waals surface area contributed by atoms with Crippen molar-refractivity contribution in [2.75, 3.05) is 27.2 Å². The monoisotopic (exact) mass is 290 g/mol. The van der Waals surface area contributed by atoms with E-state index in [9.17, 15) is 9.90 Å². The maximum atomic E-state index is 12.0. The van der Waals surface area contributed by atoms with Gasteiger partial charge in [0.2, 0.25) is 0 Å². The van der Waals surface area contributed by atoms with Crippen molar-refractivity contribution in [3.63, 3.8) is 0 Å². The lowest BCUT2D eigenvalue weighted by atomic mass is 9.93. The second-order valence-electron chi connectivity index (χ2n) is 6.28. The Bertz CT molecular complexity index is 485. The average molecular weight is 290 g/mol. The number of aliphatic hydroxyl groups is 1. The van der Waals surface area contributed by atoms with Crippen LogP contribution in [0.5, 0.6) is 0 Å². The van der Waals surface area contributed by atoms with E-state index < -0.39 is 0 Å². The van der Waals surface area contributed by atoms with E-state index >= 15 is 0 Å². The van der Waals surface area contributed by atoms with E-state index in [1.807, 2.05) is 25.1 Å². The maximum absolute atomic E-state index is 12.0. The van der Waals surface area contributed by atoms with Gasteiger partial charge in [0.15, 0.2) is 0 Å². The largest absolute Gasteiger partial charge is 0.393 e. The van der Waals surface area contributed by atoms with Crippen LogP contribution in [0.3, 0.4) is 0 Å². The normalized spacial score (nSPS) is 21.0. The van der Waals surface area contributed by atoms with Gasteiger partial charge in [-0.1, -0.05) is 12.1 Å². The van der Waals surface area contributed by atoms with Crippen molar-refractivity contribution < 1.29 is 9.90 Å². The number of hydrogen-bond donors (Lipinski definition) is 1. The molecule has 1 N–H and O–H groups in total. The van der Waals surface area contributed by atoms with Crippen LogP contribution in [-0.2, 0) is 6.54 Å². The van der Waals surface area contributed by atoms with Crippen molar-refractivity contribution in [2.45, 2.75) is 32.4 Å². The number of carbonyl (C=O) groups excluding carboxylic acids is 1. The molecule has 0 aliphatic carbocycles. The van der Waals surface area contributed by atoms with E-state index in [0.717, 1.165) is 43.6 Å². The van der Waals surface area contributed by atoms with Crippen LogP contribution in [0.1, 0.15) is 35.7 Å². The van der Waals surface area contributed by atoms with E-state index in [1.54, 1.807) is 19.0 Å². The first-order chi connectivity index (χ1) is 9.97. The Morgan fingerprint density at radius 1 is 1.48 bits per heavy atom. The fourth-order valence-electron chi connectivity index (χ4n) is 2.95. The summed E-state index contributed by atoms with van der Waals surface area (Å²) >= 11 is 0. The predicted molar refractivity (Wildman–Crippen MR) is 84.1 cm³/mol. The van der Waals surface area contributed by atoms with Gasteiger partial charge in [-0.25, -0.2) is 0 Å². The molecule has 2 unspecified atom stereocenters. The fourth-order valence-corrected chi connectivity index (χ4v) is 2.95. The maximum Gasteiger partial charge on any atom is 0.253 e. The second kappa shape index (κ2) is 7.05. The fraction of sp³-hybridized carbons (Fsp3) is 0.588. The predicted octanol–water partition coefficient (Wildman–Crippen LogP) is 1.98. The number of likely N-dealkylation sites (tertiary alicyclic amines) is 1. The zero-order valence-electron chi connectivity index (χ0n) is 13.2. The Labute approximate surface area is 127 Å². The standard InChI is InChI=1S/C17H26N2O2/c1-13(20)16-8-5-9-19(12-16)11-14-6-4-7-15(10-14)17(21)18(2)3/h4,6-7,10,13,16,20H,5,8-9,11-12H2,1-3H3. The van der Waals surface area contributed by atoms with Crippen LogP contribution >= 0.6 is 0 Å².